The molecule has 10 heteroatoms. The Balaban J connectivity index is 1.61. The molecule has 0 spiro atoms. The van der Waals surface area contributed by atoms with Crippen molar-refractivity contribution in [3.63, 3.8) is 0 Å². The van der Waals surface area contributed by atoms with E-state index >= 15 is 0 Å². The summed E-state index contributed by atoms with van der Waals surface area (Å²) in [5.74, 6) is -9.12. The fourth-order valence-corrected chi connectivity index (χ4v) is 5.13. The fraction of sp³-hybridized carbons (Fsp3) is 0.381. The molecule has 5 nitrogen and oxygen atoms in total. The number of nitrogens with one attached hydrogen (secondary N) is 1. The minimum atomic E-state index is -3.49. The molecular weight excluding hydrogens is 436 g/mol. The lowest BCUT2D eigenvalue weighted by molar-refractivity contribution is -0.133. The van der Waals surface area contributed by atoms with Crippen LogP contribution in [0.25, 0.3) is 11.1 Å². The zero-order valence-corrected chi connectivity index (χ0v) is 17.3. The number of sulfonamides is 1. The number of halogens is 4. The average Bonchev–Trinajstić information content (AvgIpc) is 2.99. The highest BCUT2D eigenvalue weighted by Crippen LogP contribution is 2.63. The molecule has 0 bridgehead atoms. The Kier molecular flexibility index (Phi) is 5.33. The van der Waals surface area contributed by atoms with E-state index < -0.39 is 56.9 Å². The molecule has 1 saturated heterocycles. The summed E-state index contributed by atoms with van der Waals surface area (Å²) in [5.41, 5.74) is -0.429. The molecular formula is C21H20F4N2O3S. The molecule has 0 aromatic heterocycles. The molecule has 2 aliphatic rings. The van der Waals surface area contributed by atoms with Crippen molar-refractivity contribution in [3.05, 3.63) is 59.7 Å². The van der Waals surface area contributed by atoms with Crippen LogP contribution in [0.3, 0.4) is 0 Å². The summed E-state index contributed by atoms with van der Waals surface area (Å²) >= 11 is 0. The number of carbonyl (C=O) groups is 1. The van der Waals surface area contributed by atoms with Gasteiger partial charge in [0.2, 0.25) is 15.9 Å². The standard InChI is InChI=1S/C21H20F4N2O3S/c1-31(29,30)26-12-9-10-27(11-12)20(28)19-18(21(19,24)25)14-6-3-2-5-13(14)17-15(22)7-4-8-16(17)23/h2-8,12,18-19,26H,9-11H2,1H3/t12-,18?,19?/m0/s1. The summed E-state index contributed by atoms with van der Waals surface area (Å²) in [6.45, 7) is 0.143. The van der Waals surface area contributed by atoms with Crippen LogP contribution in [-0.2, 0) is 14.8 Å². The Morgan fingerprint density at radius 1 is 1.10 bits per heavy atom. The van der Waals surface area contributed by atoms with E-state index in [1.807, 2.05) is 0 Å². The largest absolute Gasteiger partial charge is 0.341 e. The Morgan fingerprint density at radius 2 is 1.74 bits per heavy atom. The van der Waals surface area contributed by atoms with Crippen molar-refractivity contribution in [2.24, 2.45) is 5.92 Å². The van der Waals surface area contributed by atoms with Crippen LogP contribution in [-0.4, -0.2) is 50.5 Å². The van der Waals surface area contributed by atoms with Crippen molar-refractivity contribution in [1.82, 2.24) is 9.62 Å². The normalized spacial score (nSPS) is 24.9. The predicted octanol–water partition coefficient (Wildman–Crippen LogP) is 3.13. The molecule has 31 heavy (non-hydrogen) atoms. The van der Waals surface area contributed by atoms with Gasteiger partial charge in [0.25, 0.3) is 5.92 Å². The molecule has 0 radical (unpaired) electrons. The molecule has 2 unspecified atom stereocenters. The molecule has 1 aliphatic heterocycles. The third kappa shape index (κ3) is 4.06. The second kappa shape index (κ2) is 7.59. The minimum Gasteiger partial charge on any atom is -0.341 e. The van der Waals surface area contributed by atoms with Gasteiger partial charge in [-0.05, 0) is 29.7 Å². The third-order valence-electron chi connectivity index (χ3n) is 5.73. The first kappa shape index (κ1) is 21.8. The van der Waals surface area contributed by atoms with E-state index in [1.54, 1.807) is 0 Å². The van der Waals surface area contributed by atoms with Crippen LogP contribution in [0.1, 0.15) is 17.9 Å². The summed E-state index contributed by atoms with van der Waals surface area (Å²) in [6, 6.07) is 8.41. The van der Waals surface area contributed by atoms with Crippen molar-refractivity contribution in [2.75, 3.05) is 19.3 Å². The topological polar surface area (TPSA) is 66.5 Å². The van der Waals surface area contributed by atoms with Gasteiger partial charge in [0.05, 0.1) is 17.7 Å². The first-order valence-electron chi connectivity index (χ1n) is 9.68. The summed E-state index contributed by atoms with van der Waals surface area (Å²) < 4.78 is 83.3. The predicted molar refractivity (Wildman–Crippen MR) is 106 cm³/mol. The first-order chi connectivity index (χ1) is 14.5. The van der Waals surface area contributed by atoms with E-state index in [-0.39, 0.29) is 24.2 Å². The van der Waals surface area contributed by atoms with Gasteiger partial charge in [-0.3, -0.25) is 4.79 Å². The molecule has 2 aromatic rings. The van der Waals surface area contributed by atoms with Crippen molar-refractivity contribution < 1.29 is 30.8 Å². The van der Waals surface area contributed by atoms with Crippen LogP contribution < -0.4 is 4.72 Å². The van der Waals surface area contributed by atoms with Gasteiger partial charge in [0, 0.05) is 19.1 Å². The highest BCUT2D eigenvalue weighted by Gasteiger charge is 2.73. The number of amides is 1. The fourth-order valence-electron chi connectivity index (χ4n) is 4.33. The van der Waals surface area contributed by atoms with Crippen molar-refractivity contribution >= 4 is 15.9 Å². The number of rotatable bonds is 5. The lowest BCUT2D eigenvalue weighted by Gasteiger charge is -2.17. The molecule has 3 atom stereocenters. The lowest BCUT2D eigenvalue weighted by Crippen LogP contribution is -2.38. The molecule has 2 aromatic carbocycles. The summed E-state index contributed by atoms with van der Waals surface area (Å²) in [5, 5.41) is 0. The van der Waals surface area contributed by atoms with Gasteiger partial charge in [0.15, 0.2) is 0 Å². The number of hydrogen-bond acceptors (Lipinski definition) is 3. The van der Waals surface area contributed by atoms with Crippen LogP contribution in [0.5, 0.6) is 0 Å². The van der Waals surface area contributed by atoms with E-state index in [1.165, 1.54) is 35.2 Å². The average molecular weight is 456 g/mol. The van der Waals surface area contributed by atoms with Gasteiger partial charge in [-0.2, -0.15) is 0 Å². The molecule has 166 valence electrons. The van der Waals surface area contributed by atoms with Gasteiger partial charge < -0.3 is 4.90 Å². The Hall–Kier alpha value is -2.46. The maximum absolute atomic E-state index is 14.8. The zero-order valence-electron chi connectivity index (χ0n) is 16.5. The number of nitrogens with zero attached hydrogens (tertiary/aromatic N) is 1. The summed E-state index contributed by atoms with van der Waals surface area (Å²) in [7, 11) is -3.49. The quantitative estimate of drug-likeness (QED) is 0.704. The maximum atomic E-state index is 14.8. The van der Waals surface area contributed by atoms with E-state index in [0.717, 1.165) is 18.4 Å². The summed E-state index contributed by atoms with van der Waals surface area (Å²) in [6.07, 6.45) is 1.31. The molecule has 1 N–H and O–H groups in total. The van der Waals surface area contributed by atoms with Crippen LogP contribution in [0, 0.1) is 17.6 Å². The van der Waals surface area contributed by atoms with Gasteiger partial charge >= 0.3 is 0 Å². The smallest absolute Gasteiger partial charge is 0.268 e. The molecule has 2 fully saturated rings. The maximum Gasteiger partial charge on any atom is 0.268 e. The number of likely N-dealkylation sites (tertiary alicyclic amines) is 1. The number of alkyl halides is 2. The lowest BCUT2D eigenvalue weighted by atomic mass is 9.95. The van der Waals surface area contributed by atoms with Gasteiger partial charge in [0.1, 0.15) is 17.6 Å². The van der Waals surface area contributed by atoms with Gasteiger partial charge in [-0.25, -0.2) is 30.7 Å². The molecule has 1 amide bonds. The van der Waals surface area contributed by atoms with Crippen molar-refractivity contribution in [3.8, 4) is 11.1 Å². The molecule has 4 rings (SSSR count). The van der Waals surface area contributed by atoms with Crippen molar-refractivity contribution in [2.45, 2.75) is 24.3 Å². The van der Waals surface area contributed by atoms with Crippen LogP contribution in [0.15, 0.2) is 42.5 Å². The Bertz CT molecular complexity index is 1120. The minimum absolute atomic E-state index is 0.000132. The Morgan fingerprint density at radius 3 is 2.39 bits per heavy atom. The highest BCUT2D eigenvalue weighted by molar-refractivity contribution is 7.88. The SMILES string of the molecule is CS(=O)(=O)N[C@H]1CCN(C(=O)C2C(c3ccccc3-c3c(F)cccc3F)C2(F)F)C1. The Labute approximate surface area is 177 Å². The second-order valence-electron chi connectivity index (χ2n) is 7.97. The second-order valence-corrected chi connectivity index (χ2v) is 9.75. The van der Waals surface area contributed by atoms with Crippen LogP contribution in [0.4, 0.5) is 17.6 Å². The van der Waals surface area contributed by atoms with Gasteiger partial charge in [-0.1, -0.05) is 30.3 Å². The summed E-state index contributed by atoms with van der Waals surface area (Å²) in [4.78, 5) is 14.0. The van der Waals surface area contributed by atoms with E-state index in [0.29, 0.717) is 6.42 Å². The van der Waals surface area contributed by atoms with Gasteiger partial charge in [-0.15, -0.1) is 0 Å². The zero-order chi connectivity index (χ0) is 22.6. The number of carbonyl (C=O) groups excluding carboxylic acids is 1. The third-order valence-corrected chi connectivity index (χ3v) is 6.49. The molecule has 1 aliphatic carbocycles. The van der Waals surface area contributed by atoms with E-state index in [4.69, 9.17) is 0 Å². The van der Waals surface area contributed by atoms with Crippen LogP contribution >= 0.6 is 0 Å². The van der Waals surface area contributed by atoms with E-state index in [9.17, 15) is 30.8 Å². The highest BCUT2D eigenvalue weighted by atomic mass is 32.2. The molecule has 1 heterocycles. The number of benzene rings is 2. The first-order valence-corrected chi connectivity index (χ1v) is 11.6. The molecule has 1 saturated carbocycles. The van der Waals surface area contributed by atoms with E-state index in [2.05, 4.69) is 4.72 Å². The van der Waals surface area contributed by atoms with Crippen LogP contribution in [0.2, 0.25) is 0 Å². The monoisotopic (exact) mass is 456 g/mol. The van der Waals surface area contributed by atoms with Crippen molar-refractivity contribution in [1.29, 1.82) is 0 Å². The number of hydrogen-bond donors (Lipinski definition) is 1.